The molecule has 2 aromatic rings. The Kier molecular flexibility index (Phi) is 4.22. The van der Waals surface area contributed by atoms with Gasteiger partial charge in [0, 0.05) is 37.2 Å². The average Bonchev–Trinajstić information content (AvgIpc) is 2.59. The summed E-state index contributed by atoms with van der Waals surface area (Å²) in [6, 6.07) is 2.48. The molecule has 0 aliphatic heterocycles. The summed E-state index contributed by atoms with van der Waals surface area (Å²) < 4.78 is 19.3. The number of amides is 1. The van der Waals surface area contributed by atoms with Crippen LogP contribution in [0.1, 0.15) is 43.1 Å². The number of aryl methyl sites for hydroxylation is 1. The number of aromatic amines is 1. The van der Waals surface area contributed by atoms with Crippen molar-refractivity contribution in [3.8, 4) is 0 Å². The van der Waals surface area contributed by atoms with Gasteiger partial charge in [-0.25, -0.2) is 4.39 Å². The van der Waals surface area contributed by atoms with E-state index in [1.807, 2.05) is 6.92 Å². The maximum absolute atomic E-state index is 13.7. The number of ether oxygens (including phenoxy) is 1. The van der Waals surface area contributed by atoms with Crippen LogP contribution in [0.4, 0.5) is 4.39 Å². The third-order valence-corrected chi connectivity index (χ3v) is 6.40. The summed E-state index contributed by atoms with van der Waals surface area (Å²) in [6.07, 6.45) is 2.12. The summed E-state index contributed by atoms with van der Waals surface area (Å²) in [4.78, 5) is 30.3. The number of nitrogens with one attached hydrogen (secondary N) is 1. The highest BCUT2D eigenvalue weighted by Crippen LogP contribution is 2.53. The van der Waals surface area contributed by atoms with Gasteiger partial charge >= 0.3 is 0 Å². The third-order valence-electron chi connectivity index (χ3n) is 6.40. The van der Waals surface area contributed by atoms with Gasteiger partial charge in [0.25, 0.3) is 5.91 Å². The minimum Gasteiger partial charge on any atom is -0.378 e. The Morgan fingerprint density at radius 2 is 2.00 bits per heavy atom. The number of hydrogen-bond acceptors (Lipinski definition) is 3. The summed E-state index contributed by atoms with van der Waals surface area (Å²) in [7, 11) is 3.37. The number of methoxy groups -OCH3 is 1. The van der Waals surface area contributed by atoms with Crippen molar-refractivity contribution in [3.63, 3.8) is 0 Å². The van der Waals surface area contributed by atoms with Crippen molar-refractivity contribution >= 4 is 16.8 Å². The molecule has 1 fully saturated rings. The normalized spacial score (nSPS) is 24.3. The number of nitrogens with zero attached hydrogens (tertiary/aromatic N) is 1. The highest BCUT2D eigenvalue weighted by atomic mass is 19.1. The fourth-order valence-electron chi connectivity index (χ4n) is 4.04. The minimum absolute atomic E-state index is 0.0202. The van der Waals surface area contributed by atoms with E-state index in [1.54, 1.807) is 26.0 Å². The largest absolute Gasteiger partial charge is 0.378 e. The summed E-state index contributed by atoms with van der Waals surface area (Å²) in [5, 5.41) is 0.191. The van der Waals surface area contributed by atoms with Crippen LogP contribution in [-0.2, 0) is 4.74 Å². The molecule has 26 heavy (non-hydrogen) atoms. The molecule has 6 heteroatoms. The van der Waals surface area contributed by atoms with Gasteiger partial charge in [0.1, 0.15) is 11.4 Å². The van der Waals surface area contributed by atoms with Crippen molar-refractivity contribution in [2.75, 3.05) is 14.2 Å². The first-order valence-electron chi connectivity index (χ1n) is 8.67. The van der Waals surface area contributed by atoms with Gasteiger partial charge in [-0.15, -0.1) is 0 Å². The Bertz CT molecular complexity index is 950. The van der Waals surface area contributed by atoms with Crippen molar-refractivity contribution in [3.05, 3.63) is 45.5 Å². The van der Waals surface area contributed by atoms with E-state index in [2.05, 4.69) is 18.8 Å². The number of H-pyrrole nitrogens is 1. The zero-order valence-corrected chi connectivity index (χ0v) is 16.1. The number of fused-ring (bicyclic) bond motifs is 1. The van der Waals surface area contributed by atoms with Gasteiger partial charge in [-0.2, -0.15) is 0 Å². The molecule has 1 aromatic carbocycles. The summed E-state index contributed by atoms with van der Waals surface area (Å²) in [6.45, 7) is 7.85. The SMILES string of the molecule is CO[C@@]1(C)C[C@H](N(C)C(=O)c2c[nH]c3c(C)cc(F)cc3c2=O)C1(C)C. The second kappa shape index (κ2) is 5.91. The Labute approximate surface area is 152 Å². The molecule has 5 nitrogen and oxygen atoms in total. The van der Waals surface area contributed by atoms with Gasteiger partial charge < -0.3 is 14.6 Å². The molecule has 1 heterocycles. The number of hydrogen-bond donors (Lipinski definition) is 1. The Balaban J connectivity index is 1.99. The average molecular weight is 360 g/mol. The van der Waals surface area contributed by atoms with Crippen LogP contribution in [0.15, 0.2) is 23.1 Å². The van der Waals surface area contributed by atoms with Crippen LogP contribution >= 0.6 is 0 Å². The molecule has 1 N–H and O–H groups in total. The molecule has 1 aliphatic rings. The minimum atomic E-state index is -0.491. The van der Waals surface area contributed by atoms with Crippen LogP contribution in [0, 0.1) is 18.2 Å². The highest BCUT2D eigenvalue weighted by Gasteiger charge is 2.59. The lowest BCUT2D eigenvalue weighted by Gasteiger charge is -2.61. The van der Waals surface area contributed by atoms with Crippen LogP contribution in [0.5, 0.6) is 0 Å². The number of aromatic nitrogens is 1. The lowest BCUT2D eigenvalue weighted by Crippen LogP contribution is -2.68. The first kappa shape index (κ1) is 18.6. The van der Waals surface area contributed by atoms with Crippen molar-refractivity contribution in [2.45, 2.75) is 45.8 Å². The molecule has 1 aliphatic carbocycles. The molecule has 2 atom stereocenters. The van der Waals surface area contributed by atoms with Crippen LogP contribution in [0.2, 0.25) is 0 Å². The summed E-state index contributed by atoms with van der Waals surface area (Å²) in [5.74, 6) is -0.860. The number of benzene rings is 1. The van der Waals surface area contributed by atoms with E-state index in [1.165, 1.54) is 18.3 Å². The summed E-state index contributed by atoms with van der Waals surface area (Å²) >= 11 is 0. The van der Waals surface area contributed by atoms with Crippen molar-refractivity contribution in [1.29, 1.82) is 0 Å². The van der Waals surface area contributed by atoms with E-state index < -0.39 is 11.2 Å². The van der Waals surface area contributed by atoms with Gasteiger partial charge in [-0.3, -0.25) is 9.59 Å². The lowest BCUT2D eigenvalue weighted by atomic mass is 9.55. The van der Waals surface area contributed by atoms with E-state index in [0.29, 0.717) is 17.5 Å². The van der Waals surface area contributed by atoms with E-state index in [0.717, 1.165) is 0 Å². The zero-order chi connectivity index (χ0) is 19.4. The molecule has 0 saturated heterocycles. The zero-order valence-electron chi connectivity index (χ0n) is 16.1. The molecule has 0 spiro atoms. The highest BCUT2D eigenvalue weighted by molar-refractivity contribution is 5.97. The molecular formula is C20H25FN2O3. The lowest BCUT2D eigenvalue weighted by molar-refractivity contribution is -0.198. The fraction of sp³-hybridized carbons (Fsp3) is 0.500. The van der Waals surface area contributed by atoms with Crippen molar-refractivity contribution < 1.29 is 13.9 Å². The molecule has 0 unspecified atom stereocenters. The smallest absolute Gasteiger partial charge is 0.259 e. The van der Waals surface area contributed by atoms with Crippen molar-refractivity contribution in [1.82, 2.24) is 9.88 Å². The Morgan fingerprint density at radius 1 is 1.35 bits per heavy atom. The second-order valence-corrected chi connectivity index (χ2v) is 7.97. The number of halogens is 1. The molecule has 0 bridgehead atoms. The number of carbonyl (C=O) groups is 1. The molecule has 1 saturated carbocycles. The maximum Gasteiger partial charge on any atom is 0.259 e. The monoisotopic (exact) mass is 360 g/mol. The number of carbonyl (C=O) groups excluding carboxylic acids is 1. The molecule has 1 amide bonds. The van der Waals surface area contributed by atoms with E-state index in [-0.39, 0.29) is 33.9 Å². The van der Waals surface area contributed by atoms with E-state index in [9.17, 15) is 14.0 Å². The molecule has 3 rings (SSSR count). The van der Waals surface area contributed by atoms with E-state index >= 15 is 0 Å². The van der Waals surface area contributed by atoms with Gasteiger partial charge in [-0.05, 0) is 38.0 Å². The van der Waals surface area contributed by atoms with Crippen LogP contribution in [0.3, 0.4) is 0 Å². The van der Waals surface area contributed by atoms with Gasteiger partial charge in [0.05, 0.1) is 11.1 Å². The first-order chi connectivity index (χ1) is 12.0. The van der Waals surface area contributed by atoms with Gasteiger partial charge in [-0.1, -0.05) is 13.8 Å². The maximum atomic E-state index is 13.7. The van der Waals surface area contributed by atoms with Crippen LogP contribution < -0.4 is 5.43 Å². The standard InChI is InChI=1S/C20H25FN2O3/c1-11-7-12(21)8-13-16(11)22-10-14(17(13)24)18(25)23(5)15-9-20(4,26-6)19(15,2)3/h7-8,10,15H,9H2,1-6H3,(H,22,24)/t15-,20-/m0/s1. The third kappa shape index (κ3) is 2.47. The van der Waals surface area contributed by atoms with Gasteiger partial charge in [0.2, 0.25) is 5.43 Å². The van der Waals surface area contributed by atoms with Crippen molar-refractivity contribution in [2.24, 2.45) is 5.41 Å². The summed E-state index contributed by atoms with van der Waals surface area (Å²) in [5.41, 5.74) is 0.171. The molecule has 0 radical (unpaired) electrons. The van der Waals surface area contributed by atoms with Crippen LogP contribution in [-0.4, -0.2) is 41.6 Å². The van der Waals surface area contributed by atoms with E-state index in [4.69, 9.17) is 4.74 Å². The Morgan fingerprint density at radius 3 is 2.58 bits per heavy atom. The van der Waals surface area contributed by atoms with Crippen LogP contribution in [0.25, 0.3) is 10.9 Å². The second-order valence-electron chi connectivity index (χ2n) is 7.97. The Hall–Kier alpha value is -2.21. The number of pyridine rings is 1. The fourth-order valence-corrected chi connectivity index (χ4v) is 4.04. The number of rotatable bonds is 3. The predicted molar refractivity (Wildman–Crippen MR) is 99.0 cm³/mol. The first-order valence-corrected chi connectivity index (χ1v) is 8.67. The quantitative estimate of drug-likeness (QED) is 0.914. The molecular weight excluding hydrogens is 335 g/mol. The topological polar surface area (TPSA) is 62.4 Å². The molecule has 1 aromatic heterocycles. The predicted octanol–water partition coefficient (Wildman–Crippen LogP) is 3.25. The van der Waals surface area contributed by atoms with Gasteiger partial charge in [0.15, 0.2) is 0 Å². The molecule has 140 valence electrons.